The Balaban J connectivity index is 6.33. The van der Waals surface area contributed by atoms with E-state index in [-0.39, 0.29) is 81.5 Å². The number of hydrogen-bond acceptors (Lipinski definition) is 16. The molecule has 0 saturated heterocycles. The van der Waals surface area contributed by atoms with Crippen LogP contribution >= 0.6 is 11.8 Å². The maximum absolute atomic E-state index is 14.2. The van der Waals surface area contributed by atoms with Crippen molar-refractivity contribution in [3.63, 3.8) is 0 Å². The van der Waals surface area contributed by atoms with Gasteiger partial charge in [-0.3, -0.25) is 38.4 Å². The number of carbonyl (C=O) groups excluding carboxylic acids is 9. The molecule has 17 N–H and O–H groups in total. The van der Waals surface area contributed by atoms with Gasteiger partial charge in [0.05, 0.1) is 0 Å². The first-order valence-corrected chi connectivity index (χ1v) is 43.3. The van der Waals surface area contributed by atoms with E-state index < -0.39 is 77.8 Å². The highest BCUT2D eigenvalue weighted by molar-refractivity contribution is 7.99. The van der Waals surface area contributed by atoms with Gasteiger partial charge < -0.3 is 75.4 Å². The van der Waals surface area contributed by atoms with Crippen LogP contribution in [0.25, 0.3) is 0 Å². The van der Waals surface area contributed by atoms with E-state index in [1.54, 1.807) is 0 Å². The molecule has 0 fully saturated rings. The third-order valence-electron chi connectivity index (χ3n) is 19.2. The van der Waals surface area contributed by atoms with Gasteiger partial charge >= 0.3 is 18.0 Å². The fraction of sp³-hybridized carbons (Fsp3) is 0.887. The third-order valence-corrected chi connectivity index (χ3v) is 20.4. The summed E-state index contributed by atoms with van der Waals surface area (Å²) in [5, 5.41) is 19.6. The average Bonchev–Trinajstić information content (AvgIpc) is 0.869. The normalized spacial score (nSPS) is 13.0. The number of ether oxygens (including phenoxy) is 2. The molecule has 0 saturated carbocycles. The summed E-state index contributed by atoms with van der Waals surface area (Å²) in [5.74, 6) is -4.28. The van der Waals surface area contributed by atoms with Gasteiger partial charge in [-0.15, -0.1) is 0 Å². The lowest BCUT2D eigenvalue weighted by atomic mass is 10.0. The predicted molar refractivity (Wildman–Crippen MR) is 426 cm³/mol. The number of primary amides is 1. The maximum atomic E-state index is 14.2. The molecule has 24 heteroatoms. The zero-order valence-electron chi connectivity index (χ0n) is 66.1. The van der Waals surface area contributed by atoms with Crippen molar-refractivity contribution >= 4 is 65.2 Å². The summed E-state index contributed by atoms with van der Waals surface area (Å²) < 4.78 is 11.8. The minimum absolute atomic E-state index is 0.0511. The lowest BCUT2D eigenvalue weighted by Crippen LogP contribution is -2.58. The smallest absolute Gasteiger partial charge is 0.315 e. The van der Waals surface area contributed by atoms with E-state index >= 15 is 0 Å². The van der Waals surface area contributed by atoms with Crippen LogP contribution < -0.4 is 65.9 Å². The number of thioether (sulfide) groups is 1. The molecule has 0 aromatic heterocycles. The minimum Gasteiger partial charge on any atom is -0.462 e. The predicted octanol–water partition coefficient (Wildman–Crippen LogP) is 13.0. The van der Waals surface area contributed by atoms with Crippen LogP contribution in [0, 0.1) is 0 Å². The number of amides is 8. The lowest BCUT2D eigenvalue weighted by Gasteiger charge is -2.26. The number of hydrogen-bond donors (Lipinski definition) is 12. The van der Waals surface area contributed by atoms with E-state index in [1.807, 2.05) is 0 Å². The summed E-state index contributed by atoms with van der Waals surface area (Å²) in [6.45, 7) is 8.23. The number of carbonyl (C=O) groups is 9. The molecule has 0 bridgehead atoms. The number of nitrogens with one attached hydrogen (secondary N) is 7. The highest BCUT2D eigenvalue weighted by Crippen LogP contribution is 2.19. The minimum atomic E-state index is -1.14. The van der Waals surface area contributed by atoms with Crippen LogP contribution in [0.2, 0.25) is 0 Å². The maximum Gasteiger partial charge on any atom is 0.315 e. The molecule has 608 valence electrons. The van der Waals surface area contributed by atoms with Crippen LogP contribution in [-0.4, -0.2) is 147 Å². The van der Waals surface area contributed by atoms with Crippen LogP contribution in [0.5, 0.6) is 0 Å². The van der Waals surface area contributed by atoms with Crippen LogP contribution in [-0.2, 0) is 47.8 Å². The van der Waals surface area contributed by atoms with Crippen LogP contribution in [0.15, 0.2) is 0 Å². The van der Waals surface area contributed by atoms with Crippen LogP contribution in [0.4, 0.5) is 4.79 Å². The van der Waals surface area contributed by atoms with Crippen molar-refractivity contribution in [3.8, 4) is 0 Å². The Hall–Kier alpha value is -4.78. The quantitative estimate of drug-likeness (QED) is 0.0199. The molecule has 0 aliphatic heterocycles. The van der Waals surface area contributed by atoms with Crippen molar-refractivity contribution < 1.29 is 52.6 Å². The highest BCUT2D eigenvalue weighted by Gasteiger charge is 2.32. The van der Waals surface area contributed by atoms with Crippen molar-refractivity contribution in [3.05, 3.63) is 0 Å². The summed E-state index contributed by atoms with van der Waals surface area (Å²) in [4.78, 5) is 123. The van der Waals surface area contributed by atoms with E-state index in [9.17, 15) is 43.2 Å². The van der Waals surface area contributed by atoms with Gasteiger partial charge in [0.15, 0.2) is 0 Å². The number of esters is 2. The Morgan fingerprint density at radius 3 is 1.03 bits per heavy atom. The van der Waals surface area contributed by atoms with Gasteiger partial charge in [0, 0.05) is 43.9 Å². The molecule has 0 heterocycles. The molecule has 1 unspecified atom stereocenters. The van der Waals surface area contributed by atoms with E-state index in [1.165, 1.54) is 179 Å². The van der Waals surface area contributed by atoms with Crippen LogP contribution in [0.3, 0.4) is 0 Å². The number of rotatable bonds is 77. The Morgan fingerprint density at radius 1 is 0.317 bits per heavy atom. The number of urea groups is 1. The Bertz CT molecular complexity index is 2140. The molecular weight excluding hydrogens is 1340 g/mol. The SMILES string of the molecule is CCCCCCCCCCCCCCCC(=O)OCC(CSC[C@H](NC(=O)NCCCCCCCCCCCCCC)C(=O)NCCC(=O)N[C@@H](CCCCN)C(=O)N[C@@H](CCCCN)C(=O)N[C@@H](CCCCN)C(=O)N[C@@H](CCCCN)C(N)=O)OC(=O)CCCCCCCCCCCCCCC. The topological polar surface area (TPSA) is 386 Å². The standard InChI is InChI=1S/C80H156N12O11S/c1-4-7-10-13-16-19-22-25-27-30-33-36-39-54-73(94)102-63-66(103-74(95)55-40-37-34-31-28-26-23-20-17-14-11-8-5-2)64-104-65-71(92-80(101)87-61-49-38-35-32-29-24-21-18-15-12-9-6-3)76(97)86-62-56-72(93)88-68(51-42-46-58-82)77(98)90-70(53-44-48-60-84)79(100)91-69(52-43-47-59-83)78(99)89-67(75(85)96)50-41-45-57-81/h66-71H,4-65,81-84H2,1-3H3,(H2,85,96)(H,86,97)(H,88,93)(H,89,99)(H,90,98)(H,91,100)(H2,87,92,101)/t66?,67-,68-,69-,70-,71-/m0/s1. The molecule has 0 aromatic carbocycles. The van der Waals surface area contributed by atoms with Crippen LogP contribution in [0.1, 0.15) is 361 Å². The van der Waals surface area contributed by atoms with Gasteiger partial charge in [0.1, 0.15) is 42.9 Å². The second-order valence-corrected chi connectivity index (χ2v) is 30.1. The zero-order chi connectivity index (χ0) is 76.6. The molecule has 8 amide bonds. The van der Waals surface area contributed by atoms with Gasteiger partial charge in [-0.25, -0.2) is 4.79 Å². The fourth-order valence-corrected chi connectivity index (χ4v) is 13.7. The molecule has 23 nitrogen and oxygen atoms in total. The summed E-state index contributed by atoms with van der Waals surface area (Å²) in [5.41, 5.74) is 28.8. The molecule has 0 aromatic rings. The third kappa shape index (κ3) is 61.3. The molecule has 104 heavy (non-hydrogen) atoms. The van der Waals surface area contributed by atoms with Crippen molar-refractivity contribution in [2.24, 2.45) is 28.7 Å². The summed E-state index contributed by atoms with van der Waals surface area (Å²) in [7, 11) is 0. The monoisotopic (exact) mass is 1490 g/mol. The van der Waals surface area contributed by atoms with Gasteiger partial charge in [-0.1, -0.05) is 245 Å². The second kappa shape index (κ2) is 73.7. The molecule has 6 atom stereocenters. The Labute approximate surface area is 635 Å². The van der Waals surface area contributed by atoms with Gasteiger partial charge in [0.2, 0.25) is 35.4 Å². The first-order chi connectivity index (χ1) is 50.6. The Kier molecular flexibility index (Phi) is 70.3. The largest absolute Gasteiger partial charge is 0.462 e. The van der Waals surface area contributed by atoms with E-state index in [2.05, 4.69) is 58.0 Å². The van der Waals surface area contributed by atoms with Gasteiger partial charge in [0.25, 0.3) is 0 Å². The first kappa shape index (κ1) is 99.2. The van der Waals surface area contributed by atoms with E-state index in [0.717, 1.165) is 64.2 Å². The zero-order valence-corrected chi connectivity index (χ0v) is 66.9. The second-order valence-electron chi connectivity index (χ2n) is 29.0. The average molecular weight is 1490 g/mol. The van der Waals surface area contributed by atoms with Crippen molar-refractivity contribution in [1.29, 1.82) is 0 Å². The van der Waals surface area contributed by atoms with Gasteiger partial charge in [-0.2, -0.15) is 11.8 Å². The van der Waals surface area contributed by atoms with Gasteiger partial charge in [-0.05, 0) is 122 Å². The number of nitrogens with two attached hydrogens (primary N) is 5. The molecule has 0 aliphatic carbocycles. The highest BCUT2D eigenvalue weighted by atomic mass is 32.2. The number of unbranched alkanes of at least 4 members (excludes halogenated alkanes) is 39. The Morgan fingerprint density at radius 2 is 0.654 bits per heavy atom. The molecular formula is C80H156N12O11S. The van der Waals surface area contributed by atoms with Crippen molar-refractivity contribution in [1.82, 2.24) is 37.2 Å². The van der Waals surface area contributed by atoms with Crippen molar-refractivity contribution in [2.75, 3.05) is 57.4 Å². The molecule has 0 aliphatic rings. The van der Waals surface area contributed by atoms with E-state index in [0.29, 0.717) is 96.9 Å². The summed E-state index contributed by atoms with van der Waals surface area (Å²) >= 11 is 1.27. The van der Waals surface area contributed by atoms with E-state index in [4.69, 9.17) is 38.1 Å². The lowest BCUT2D eigenvalue weighted by molar-refractivity contribution is -0.157. The van der Waals surface area contributed by atoms with Crippen molar-refractivity contribution in [2.45, 2.75) is 397 Å². The first-order valence-electron chi connectivity index (χ1n) is 42.2. The fourth-order valence-electron chi connectivity index (χ4n) is 12.6. The molecule has 0 radical (unpaired) electrons. The molecule has 0 rings (SSSR count). The summed E-state index contributed by atoms with van der Waals surface area (Å²) in [6, 6.07) is -5.97. The summed E-state index contributed by atoms with van der Waals surface area (Å²) in [6.07, 6.45) is 49.3. The molecule has 0 spiro atoms.